The predicted molar refractivity (Wildman–Crippen MR) is 150 cm³/mol. The quantitative estimate of drug-likeness (QED) is 0.0934. The van der Waals surface area contributed by atoms with Crippen molar-refractivity contribution < 1.29 is 44.9 Å². The van der Waals surface area contributed by atoms with Crippen molar-refractivity contribution in [3.8, 4) is 0 Å². The maximum atomic E-state index is 11.2. The van der Waals surface area contributed by atoms with Crippen molar-refractivity contribution in [2.24, 2.45) is 17.3 Å². The van der Waals surface area contributed by atoms with Gasteiger partial charge in [0.05, 0.1) is 37.4 Å². The van der Waals surface area contributed by atoms with Crippen LogP contribution in [0.25, 0.3) is 0 Å². The van der Waals surface area contributed by atoms with Crippen LogP contribution >= 0.6 is 24.0 Å². The summed E-state index contributed by atoms with van der Waals surface area (Å²) in [6, 6.07) is 0. The summed E-state index contributed by atoms with van der Waals surface area (Å²) < 4.78 is 11.5. The van der Waals surface area contributed by atoms with Crippen molar-refractivity contribution >= 4 is 34.9 Å². The van der Waals surface area contributed by atoms with Gasteiger partial charge in [0.15, 0.2) is 11.3 Å². The van der Waals surface area contributed by atoms with Gasteiger partial charge in [-0.1, -0.05) is 20.3 Å². The number of nitrogens with one attached hydrogen (secondary N) is 2. The van der Waals surface area contributed by atoms with Gasteiger partial charge >= 0.3 is 0 Å². The molecule has 0 aromatic heterocycles. The molecule has 0 aromatic rings. The molecule has 0 radical (unpaired) electrons. The highest BCUT2D eigenvalue weighted by Crippen LogP contribution is 2.53. The van der Waals surface area contributed by atoms with Crippen LogP contribution in [0.1, 0.15) is 52.9 Å². The maximum Gasteiger partial charge on any atom is 0.168 e. The number of carbonyl (C=O) groups is 1. The zero-order valence-electron chi connectivity index (χ0n) is 23.0. The lowest BCUT2D eigenvalue weighted by Crippen LogP contribution is -2.58. The van der Waals surface area contributed by atoms with Gasteiger partial charge < -0.3 is 55.5 Å². The number of unbranched alkanes of at least 4 members (excludes halogenated alkanes) is 1. The zero-order chi connectivity index (χ0) is 29.0. The van der Waals surface area contributed by atoms with Crippen molar-refractivity contribution in [3.63, 3.8) is 0 Å². The highest BCUT2D eigenvalue weighted by Gasteiger charge is 2.75. The Balaban J connectivity index is 1.40. The van der Waals surface area contributed by atoms with Crippen LogP contribution in [0.4, 0.5) is 0 Å². The number of carbonyl (C=O) groups excluding carboxylic acids is 1. The van der Waals surface area contributed by atoms with E-state index in [1.165, 1.54) is 0 Å². The number of ether oxygens (including phenoxy) is 2. The number of thioether (sulfide) groups is 1. The van der Waals surface area contributed by atoms with Gasteiger partial charge in [-0.25, -0.2) is 0 Å². The normalized spacial score (nSPS) is 38.1. The monoisotopic (exact) mass is 594 g/mol. The van der Waals surface area contributed by atoms with Crippen LogP contribution in [-0.2, 0) is 14.3 Å². The Morgan fingerprint density at radius 1 is 1.18 bits per heavy atom. The fourth-order valence-electron chi connectivity index (χ4n) is 5.84. The predicted octanol–water partition coefficient (Wildman–Crippen LogP) is -0.714. The van der Waals surface area contributed by atoms with Gasteiger partial charge in [0.25, 0.3) is 0 Å². The van der Waals surface area contributed by atoms with Crippen LogP contribution in [0, 0.1) is 17.3 Å². The largest absolute Gasteiger partial charge is 0.394 e. The first-order chi connectivity index (χ1) is 18.3. The van der Waals surface area contributed by atoms with Crippen molar-refractivity contribution in [1.29, 1.82) is 0 Å². The van der Waals surface area contributed by atoms with E-state index in [-0.39, 0.29) is 34.9 Å². The van der Waals surface area contributed by atoms with Crippen molar-refractivity contribution in [3.05, 3.63) is 0 Å². The van der Waals surface area contributed by atoms with E-state index in [2.05, 4.69) is 24.5 Å². The van der Waals surface area contributed by atoms with Gasteiger partial charge in [-0.05, 0) is 43.8 Å². The summed E-state index contributed by atoms with van der Waals surface area (Å²) in [7, 11) is 0. The van der Waals surface area contributed by atoms with E-state index in [0.717, 1.165) is 19.3 Å². The standard InChI is InChI=1S/C26H46N2O9S2/c1-14(30)6-4-5-7-25(2,3)10-15-17(36-12-16(31)20(15)32)13-39-9-8-27-24(38)28-23-21(33)19-22(34)26(19,35)18(11-29)37-23/h15-23,29,31-35H,4-13H2,1-3H3,(H2,27,28,38)/t15?,16?,17?,18?,19?,20-,21?,22?,23+,26?/m1/s1. The molecule has 8 unspecified atom stereocenters. The van der Waals surface area contributed by atoms with E-state index in [9.17, 15) is 35.4 Å². The van der Waals surface area contributed by atoms with Crippen LogP contribution in [-0.4, -0.2) is 121 Å². The molecule has 2 saturated heterocycles. The van der Waals surface area contributed by atoms with E-state index < -0.39 is 54.9 Å². The maximum absolute atomic E-state index is 11.2. The average molecular weight is 595 g/mol. The van der Waals surface area contributed by atoms with E-state index in [1.54, 1.807) is 18.7 Å². The molecular weight excluding hydrogens is 548 g/mol. The van der Waals surface area contributed by atoms with Gasteiger partial charge in [0.1, 0.15) is 29.7 Å². The summed E-state index contributed by atoms with van der Waals surface area (Å²) in [5.41, 5.74) is -1.72. The molecule has 0 spiro atoms. The molecule has 11 nitrogen and oxygen atoms in total. The fourth-order valence-corrected chi connectivity index (χ4v) is 7.05. The van der Waals surface area contributed by atoms with E-state index >= 15 is 0 Å². The summed E-state index contributed by atoms with van der Waals surface area (Å²) in [5.74, 6) is 0.483. The van der Waals surface area contributed by atoms with E-state index in [1.807, 2.05) is 0 Å². The molecule has 0 bridgehead atoms. The zero-order valence-corrected chi connectivity index (χ0v) is 24.6. The van der Waals surface area contributed by atoms with Gasteiger partial charge in [-0.3, -0.25) is 0 Å². The molecule has 10 atom stereocenters. The van der Waals surface area contributed by atoms with Crippen molar-refractivity contribution in [1.82, 2.24) is 10.6 Å². The molecule has 2 aliphatic heterocycles. The molecule has 0 amide bonds. The van der Waals surface area contributed by atoms with Crippen LogP contribution in [0.15, 0.2) is 0 Å². The number of fused-ring (bicyclic) bond motifs is 1. The Bertz CT molecular complexity index is 833. The SMILES string of the molecule is CC(=O)CCCCC(C)(C)CC1C(CSCCNC(=S)N[C@H]2OC(CO)C3(O)C(O)C3C2O)OCC(O)[C@@H]1O. The summed E-state index contributed by atoms with van der Waals surface area (Å²) in [6.07, 6.45) is -2.35. The Morgan fingerprint density at radius 3 is 2.56 bits per heavy atom. The lowest BCUT2D eigenvalue weighted by molar-refractivity contribution is -0.191. The van der Waals surface area contributed by atoms with Crippen LogP contribution in [0.3, 0.4) is 0 Å². The topological polar surface area (TPSA) is 181 Å². The number of Topliss-reactive ketones (excluding diaryl/α,β-unsaturated/α-hetero) is 1. The van der Waals surface area contributed by atoms with Gasteiger partial charge in [0.2, 0.25) is 0 Å². The average Bonchev–Trinajstić information content (AvgIpc) is 3.44. The first kappa shape index (κ1) is 32.9. The Kier molecular flexibility index (Phi) is 11.8. The first-order valence-corrected chi connectivity index (χ1v) is 15.3. The fraction of sp³-hybridized carbons (Fsp3) is 0.923. The van der Waals surface area contributed by atoms with Gasteiger partial charge in [0, 0.05) is 30.4 Å². The molecule has 3 fully saturated rings. The second kappa shape index (κ2) is 14.0. The molecular formula is C26H46N2O9S2. The molecule has 1 aliphatic carbocycles. The molecule has 226 valence electrons. The second-order valence-electron chi connectivity index (χ2n) is 11.9. The van der Waals surface area contributed by atoms with Crippen LogP contribution in [0.2, 0.25) is 0 Å². The first-order valence-electron chi connectivity index (χ1n) is 13.8. The molecule has 8 N–H and O–H groups in total. The summed E-state index contributed by atoms with van der Waals surface area (Å²) >= 11 is 6.93. The molecule has 0 aromatic carbocycles. The van der Waals surface area contributed by atoms with E-state index in [4.69, 9.17) is 21.7 Å². The van der Waals surface area contributed by atoms with Gasteiger partial charge in [-0.15, -0.1) is 0 Å². The number of aliphatic hydroxyl groups is 6. The minimum absolute atomic E-state index is 0.0713. The molecule has 13 heteroatoms. The summed E-state index contributed by atoms with van der Waals surface area (Å²) in [4.78, 5) is 11.2. The Hall–Kier alpha value is -0.610. The number of hydrogen-bond donors (Lipinski definition) is 8. The molecule has 3 rings (SSSR count). The van der Waals surface area contributed by atoms with Crippen molar-refractivity contribution in [2.75, 3.05) is 31.3 Å². The number of hydrogen-bond acceptors (Lipinski definition) is 11. The third-order valence-corrected chi connectivity index (χ3v) is 9.53. The molecule has 2 heterocycles. The Morgan fingerprint density at radius 2 is 1.90 bits per heavy atom. The van der Waals surface area contributed by atoms with Crippen LogP contribution < -0.4 is 10.6 Å². The Labute approximate surface area is 240 Å². The lowest BCUT2D eigenvalue weighted by Gasteiger charge is -2.42. The minimum atomic E-state index is -1.65. The van der Waals surface area contributed by atoms with Crippen molar-refractivity contribution in [2.45, 2.75) is 101 Å². The van der Waals surface area contributed by atoms with Gasteiger partial charge in [-0.2, -0.15) is 11.8 Å². The highest BCUT2D eigenvalue weighted by atomic mass is 32.2. The number of thiocarbonyl (C=S) groups is 1. The third-order valence-electron chi connectivity index (χ3n) is 8.21. The molecule has 39 heavy (non-hydrogen) atoms. The highest BCUT2D eigenvalue weighted by molar-refractivity contribution is 7.99. The summed E-state index contributed by atoms with van der Waals surface area (Å²) in [6.45, 7) is 6.00. The number of ketones is 1. The van der Waals surface area contributed by atoms with E-state index in [0.29, 0.717) is 30.9 Å². The molecule has 3 aliphatic rings. The third kappa shape index (κ3) is 8.24. The van der Waals surface area contributed by atoms with Crippen LogP contribution in [0.5, 0.6) is 0 Å². The smallest absolute Gasteiger partial charge is 0.168 e. The summed E-state index contributed by atoms with van der Waals surface area (Å²) in [5, 5.41) is 67.3. The molecule has 1 saturated carbocycles. The second-order valence-corrected chi connectivity index (χ2v) is 13.5. The number of aliphatic hydroxyl groups excluding tert-OH is 5. The minimum Gasteiger partial charge on any atom is -0.394 e. The lowest BCUT2D eigenvalue weighted by atomic mass is 9.74. The number of rotatable bonds is 14.